The Morgan fingerprint density at radius 3 is 3.00 bits per heavy atom. The lowest BCUT2D eigenvalue weighted by molar-refractivity contribution is 0.0931. The fourth-order valence-corrected chi connectivity index (χ4v) is 3.03. The van der Waals surface area contributed by atoms with E-state index < -0.39 is 5.82 Å². The highest BCUT2D eigenvalue weighted by molar-refractivity contribution is 6.32. The molecule has 1 aromatic carbocycles. The molecule has 0 bridgehead atoms. The topological polar surface area (TPSA) is 120 Å². The van der Waals surface area contributed by atoms with Crippen LogP contribution in [0.5, 0.6) is 0 Å². The molecule has 8 nitrogen and oxygen atoms in total. The maximum absolute atomic E-state index is 14.0. The first-order valence-corrected chi connectivity index (χ1v) is 9.17. The Kier molecular flexibility index (Phi) is 6.26. The quantitative estimate of drug-likeness (QED) is 0.545. The highest BCUT2D eigenvalue weighted by Crippen LogP contribution is 2.26. The van der Waals surface area contributed by atoms with Crippen LogP contribution in [-0.4, -0.2) is 43.4 Å². The van der Waals surface area contributed by atoms with Crippen LogP contribution in [0.15, 0.2) is 30.6 Å². The first-order chi connectivity index (χ1) is 13.9. The number of aromatic amines is 1. The third-order valence-electron chi connectivity index (χ3n) is 4.15. The number of amides is 1. The van der Waals surface area contributed by atoms with E-state index >= 15 is 0 Å². The van der Waals surface area contributed by atoms with Gasteiger partial charge >= 0.3 is 0 Å². The van der Waals surface area contributed by atoms with Gasteiger partial charge in [-0.3, -0.25) is 9.48 Å². The largest absolute Gasteiger partial charge is 0.396 e. The van der Waals surface area contributed by atoms with Gasteiger partial charge in [0.1, 0.15) is 29.0 Å². The molecule has 1 atom stereocenters. The molecule has 0 aliphatic rings. The van der Waals surface area contributed by atoms with Crippen LogP contribution in [0.25, 0.3) is 11.3 Å². The summed E-state index contributed by atoms with van der Waals surface area (Å²) >= 11 is 5.95. The number of carbonyl (C=O) groups excluding carboxylic acids is 1. The van der Waals surface area contributed by atoms with Crippen LogP contribution in [0.1, 0.15) is 28.8 Å². The molecule has 10 heteroatoms. The Bertz CT molecular complexity index is 1050. The van der Waals surface area contributed by atoms with Gasteiger partial charge in [0.15, 0.2) is 0 Å². The lowest BCUT2D eigenvalue weighted by atomic mass is 10.1. The van der Waals surface area contributed by atoms with E-state index in [1.165, 1.54) is 18.3 Å². The Hall–Kier alpha value is -3.22. The molecule has 3 aromatic rings. The minimum absolute atomic E-state index is 0.0257. The Morgan fingerprint density at radius 2 is 2.31 bits per heavy atom. The second-order valence-electron chi connectivity index (χ2n) is 6.44. The summed E-state index contributed by atoms with van der Waals surface area (Å²) in [5.41, 5.74) is 1.06. The van der Waals surface area contributed by atoms with Crippen LogP contribution in [0.3, 0.4) is 0 Å². The van der Waals surface area contributed by atoms with Crippen molar-refractivity contribution in [2.45, 2.75) is 25.9 Å². The fraction of sp³-hybridized carbons (Fsp3) is 0.263. The first kappa shape index (κ1) is 20.5. The van der Waals surface area contributed by atoms with Crippen molar-refractivity contribution in [1.29, 1.82) is 5.26 Å². The van der Waals surface area contributed by atoms with E-state index in [1.54, 1.807) is 23.0 Å². The molecule has 0 radical (unpaired) electrons. The molecular formula is C19H18ClFN6O2. The highest BCUT2D eigenvalue weighted by atomic mass is 35.5. The second kappa shape index (κ2) is 8.86. The molecule has 0 aliphatic carbocycles. The van der Waals surface area contributed by atoms with Crippen LogP contribution >= 0.6 is 11.6 Å². The van der Waals surface area contributed by atoms with Crippen molar-refractivity contribution in [1.82, 2.24) is 25.1 Å². The zero-order chi connectivity index (χ0) is 21.0. The lowest BCUT2D eigenvalue weighted by Gasteiger charge is -2.13. The van der Waals surface area contributed by atoms with Crippen LogP contribution < -0.4 is 5.32 Å². The molecule has 0 saturated heterocycles. The van der Waals surface area contributed by atoms with Crippen molar-refractivity contribution in [3.63, 3.8) is 0 Å². The van der Waals surface area contributed by atoms with E-state index in [0.717, 1.165) is 0 Å². The van der Waals surface area contributed by atoms with Gasteiger partial charge < -0.3 is 15.4 Å². The third kappa shape index (κ3) is 4.80. The summed E-state index contributed by atoms with van der Waals surface area (Å²) in [7, 11) is 0. The number of nitriles is 1. The van der Waals surface area contributed by atoms with E-state index in [4.69, 9.17) is 22.0 Å². The SMILES string of the molecule is C[C@@H](Cn1ccc(-c2cc(F)c(C#N)c(Cl)c2)n1)NC(=O)c1cnc(CCO)[nH]1. The van der Waals surface area contributed by atoms with Crippen molar-refractivity contribution in [3.8, 4) is 17.3 Å². The molecular weight excluding hydrogens is 399 g/mol. The normalized spacial score (nSPS) is 11.8. The second-order valence-corrected chi connectivity index (χ2v) is 6.85. The van der Waals surface area contributed by atoms with E-state index in [0.29, 0.717) is 35.7 Å². The summed E-state index contributed by atoms with van der Waals surface area (Å²) < 4.78 is 15.6. The highest BCUT2D eigenvalue weighted by Gasteiger charge is 2.15. The van der Waals surface area contributed by atoms with Crippen LogP contribution in [0, 0.1) is 17.1 Å². The molecule has 3 N–H and O–H groups in total. The fourth-order valence-electron chi connectivity index (χ4n) is 2.78. The molecule has 2 aromatic heterocycles. The number of aliphatic hydroxyl groups is 1. The van der Waals surface area contributed by atoms with Gasteiger partial charge in [0.2, 0.25) is 0 Å². The van der Waals surface area contributed by atoms with E-state index in [2.05, 4.69) is 20.4 Å². The predicted molar refractivity (Wildman–Crippen MR) is 104 cm³/mol. The summed E-state index contributed by atoms with van der Waals surface area (Å²) in [4.78, 5) is 19.1. The van der Waals surface area contributed by atoms with Crippen molar-refractivity contribution in [2.75, 3.05) is 6.61 Å². The van der Waals surface area contributed by atoms with Crippen molar-refractivity contribution in [3.05, 3.63) is 58.5 Å². The average Bonchev–Trinajstić information content (AvgIpc) is 3.31. The van der Waals surface area contributed by atoms with Gasteiger partial charge in [0.05, 0.1) is 30.1 Å². The number of nitrogens with one attached hydrogen (secondary N) is 2. The summed E-state index contributed by atoms with van der Waals surface area (Å²) in [5.74, 6) is -0.483. The van der Waals surface area contributed by atoms with E-state index in [9.17, 15) is 9.18 Å². The Balaban J connectivity index is 1.65. The average molecular weight is 417 g/mol. The molecule has 3 rings (SSSR count). The van der Waals surface area contributed by atoms with Crippen molar-refractivity contribution >= 4 is 17.5 Å². The summed E-state index contributed by atoms with van der Waals surface area (Å²) in [6.07, 6.45) is 3.47. The van der Waals surface area contributed by atoms with Crippen LogP contribution in [0.2, 0.25) is 5.02 Å². The van der Waals surface area contributed by atoms with Gasteiger partial charge in [-0.2, -0.15) is 10.4 Å². The minimum Gasteiger partial charge on any atom is -0.396 e. The number of hydrogen-bond acceptors (Lipinski definition) is 5. The van der Waals surface area contributed by atoms with Crippen LogP contribution in [-0.2, 0) is 13.0 Å². The Morgan fingerprint density at radius 1 is 1.52 bits per heavy atom. The standard InChI is InChI=1S/C19H18ClFN6O2/c1-11(24-19(29)17-9-23-18(25-17)3-5-28)10-27-4-2-16(26-27)12-6-14(20)13(8-22)15(21)7-12/h2,4,6-7,9,11,28H,3,5,10H2,1H3,(H,23,25)(H,24,29)/t11-/m0/s1. The van der Waals surface area contributed by atoms with Crippen molar-refractivity contribution < 1.29 is 14.3 Å². The summed E-state index contributed by atoms with van der Waals surface area (Å²) in [6, 6.07) is 5.87. The number of H-pyrrole nitrogens is 1. The number of benzene rings is 1. The zero-order valence-corrected chi connectivity index (χ0v) is 16.2. The number of imidazole rings is 1. The number of rotatable bonds is 7. The summed E-state index contributed by atoms with van der Waals surface area (Å²) in [5, 5.41) is 25.0. The number of halogens is 2. The number of nitrogens with zero attached hydrogens (tertiary/aromatic N) is 4. The van der Waals surface area contributed by atoms with E-state index in [1.807, 2.05) is 6.92 Å². The molecule has 2 heterocycles. The smallest absolute Gasteiger partial charge is 0.269 e. The van der Waals surface area contributed by atoms with Gasteiger partial charge in [0, 0.05) is 24.2 Å². The predicted octanol–water partition coefficient (Wildman–Crippen LogP) is 2.29. The molecule has 0 spiro atoms. The molecule has 0 fully saturated rings. The van der Waals surface area contributed by atoms with Crippen molar-refractivity contribution in [2.24, 2.45) is 0 Å². The van der Waals surface area contributed by atoms with E-state index in [-0.39, 0.29) is 29.1 Å². The van der Waals surface area contributed by atoms with Gasteiger partial charge in [-0.25, -0.2) is 9.37 Å². The van der Waals surface area contributed by atoms with Gasteiger partial charge in [-0.05, 0) is 25.1 Å². The minimum atomic E-state index is -0.703. The van der Waals surface area contributed by atoms with Gasteiger partial charge in [-0.15, -0.1) is 0 Å². The zero-order valence-electron chi connectivity index (χ0n) is 15.5. The number of aliphatic hydroxyl groups excluding tert-OH is 1. The maximum Gasteiger partial charge on any atom is 0.269 e. The van der Waals surface area contributed by atoms with Crippen LogP contribution in [0.4, 0.5) is 4.39 Å². The molecule has 29 heavy (non-hydrogen) atoms. The molecule has 0 unspecified atom stereocenters. The van der Waals surface area contributed by atoms with Gasteiger partial charge in [0.25, 0.3) is 5.91 Å². The molecule has 0 aliphatic heterocycles. The molecule has 1 amide bonds. The maximum atomic E-state index is 14.0. The Labute approximate surface area is 171 Å². The number of aromatic nitrogens is 4. The monoisotopic (exact) mass is 416 g/mol. The molecule has 150 valence electrons. The number of hydrogen-bond donors (Lipinski definition) is 3. The molecule has 0 saturated carbocycles. The summed E-state index contributed by atoms with van der Waals surface area (Å²) in [6.45, 7) is 2.15. The number of carbonyl (C=O) groups is 1. The third-order valence-corrected chi connectivity index (χ3v) is 4.45. The lowest BCUT2D eigenvalue weighted by Crippen LogP contribution is -2.36. The first-order valence-electron chi connectivity index (χ1n) is 8.79. The van der Waals surface area contributed by atoms with Gasteiger partial charge in [-0.1, -0.05) is 11.6 Å².